The fourth-order valence-electron chi connectivity index (χ4n) is 15.0. The maximum atomic E-state index is 13.5. The molecule has 0 aromatic carbocycles. The Bertz CT molecular complexity index is 7450. The van der Waals surface area contributed by atoms with Crippen LogP contribution < -0.4 is 68.4 Å². The number of rotatable bonds is 11. The van der Waals surface area contributed by atoms with Crippen LogP contribution in [-0.2, 0) is 0 Å². The number of nitrogens with two attached hydrogens (primary N) is 9. The summed E-state index contributed by atoms with van der Waals surface area (Å²) in [7, 11) is 0. The summed E-state index contributed by atoms with van der Waals surface area (Å²) in [5, 5.41) is 33.4. The number of aromatic nitrogens is 35. The second-order valence-corrected chi connectivity index (χ2v) is 37.2. The lowest BCUT2D eigenvalue weighted by atomic mass is 10.1. The van der Waals surface area contributed by atoms with Crippen LogP contribution in [0.1, 0.15) is 264 Å². The third-order valence-electron chi connectivity index (χ3n) is 22.7. The van der Waals surface area contributed by atoms with E-state index in [1.54, 1.807) is 129 Å². The lowest BCUT2D eigenvalue weighted by Gasteiger charge is -2.10. The molecule has 1 aliphatic rings. The summed E-state index contributed by atoms with van der Waals surface area (Å²) in [5.74, 6) is 3.99. The van der Waals surface area contributed by atoms with E-state index in [2.05, 4.69) is 206 Å². The zero-order chi connectivity index (χ0) is 107. The number of fused-ring (bicyclic) bond motifs is 11. The van der Waals surface area contributed by atoms with Crippen molar-refractivity contribution in [2.24, 2.45) is 4.99 Å². The number of aliphatic imine (C=N–C) groups is 1. The summed E-state index contributed by atoms with van der Waals surface area (Å²) in [6, 6.07) is 18.3. The van der Waals surface area contributed by atoms with Crippen LogP contribution >= 0.6 is 0 Å². The number of nitrogens with zero attached hydrogens (tertiary/aromatic N) is 33. The standard InChI is InChI=1S/C10H12FN3.C10H13N3.C9H12N4O.4C9H12N4.C9H11N3O.C8H11N5O.C8H11N5.C7H10N6O/c1-6(2)14-5-7(11)9-8(12)3-4-13-10(9)14;1-7(2)9-3-4-10-8(11)5-6-12-13(9)10;1-5(2)13-4-10-7-8(13)11-6(3)12-9(7)14;1-6(2)7-5-12-13-8(10)3-4-11-9(7)13;1-6(2)13-5-12-8-7(10)3-4-11-9(8)13;1-6(2)13-4-3-7-8(10)11-5-12-9(7)13;1-6(2)8-5-11-9-7(10)3-4-12-13(8)9;1-6(2)12-5-11-8-7(13)3-4-10-9(8)12;1-4(2)5-3-10-13-6(5)11-7(9)12-8(13)14;1-5(2)13-8-7(11-12-13)6(9)3-4-10-8;1-3(2)13-5-4(11-12-13)6(14)10-7(8)9-5/h3-6H,1-2H3,(H2,12,13);3-7H,11H2,1-2H3;4-5H,1-3H3,(H,11,12,14);3-6H,10H2,1-2H3;3-6H,1-2H3,(H2,10,11);3-6H,1-2H3,(H2,10,11,12);3-6H,10H2,1-2H3;4-6H,3H2,1-2H3;3-4H,1-2H3,(H3,9,11,12,14);3-5H,1-2H3,(H2,9,10);3H,1-2H3,(H3,8,9,10,14). The molecule has 0 saturated heterocycles. The predicted molar refractivity (Wildman–Crippen MR) is 572 cm³/mol. The normalized spacial score (nSPS) is 11.7. The second kappa shape index (κ2) is 46.9. The number of ketones is 1. The van der Waals surface area contributed by atoms with Gasteiger partial charge in [-0.3, -0.25) is 24.4 Å². The number of carbonyl (C=O) groups is 1. The second-order valence-electron chi connectivity index (χ2n) is 37.2. The number of H-pyrrole nitrogens is 3. The number of nitrogen functional groups attached to an aromatic ring is 9. The minimum absolute atomic E-state index is 0.0596. The third kappa shape index (κ3) is 24.5. The molecular weight excluding hydrogens is 1880 g/mol. The summed E-state index contributed by atoms with van der Waals surface area (Å²) in [4.78, 5) is 111. The van der Waals surface area contributed by atoms with Gasteiger partial charge in [0.1, 0.15) is 40.6 Å². The van der Waals surface area contributed by atoms with Crippen molar-refractivity contribution >= 4 is 159 Å². The van der Waals surface area contributed by atoms with Gasteiger partial charge in [0.2, 0.25) is 11.9 Å². The smallest absolute Gasteiger partial charge is 0.350 e. The Morgan fingerprint density at radius 3 is 1.52 bits per heavy atom. The van der Waals surface area contributed by atoms with Crippen molar-refractivity contribution in [3.05, 3.63) is 219 Å². The molecule has 147 heavy (non-hydrogen) atoms. The van der Waals surface area contributed by atoms with Crippen LogP contribution in [0.5, 0.6) is 0 Å². The average molecular weight is 2010 g/mol. The van der Waals surface area contributed by atoms with Crippen molar-refractivity contribution < 1.29 is 9.18 Å². The highest BCUT2D eigenvalue weighted by Gasteiger charge is 2.24. The van der Waals surface area contributed by atoms with E-state index in [1.165, 1.54) is 22.7 Å². The molecule has 772 valence electrons. The monoisotopic (exact) mass is 2010 g/mol. The molecule has 0 bridgehead atoms. The van der Waals surface area contributed by atoms with Crippen LogP contribution in [0.4, 0.5) is 62.2 Å². The molecule has 0 aliphatic carbocycles. The van der Waals surface area contributed by atoms with E-state index in [1.807, 2.05) is 138 Å². The Balaban J connectivity index is 0.000000144. The third-order valence-corrected chi connectivity index (χ3v) is 22.7. The maximum Gasteiger partial charge on any atom is 0.350 e. The van der Waals surface area contributed by atoms with E-state index >= 15 is 0 Å². The highest BCUT2D eigenvalue weighted by atomic mass is 19.1. The van der Waals surface area contributed by atoms with Crippen molar-refractivity contribution in [2.45, 2.75) is 232 Å². The Hall–Kier alpha value is -17.9. The zero-order valence-corrected chi connectivity index (χ0v) is 86.5. The van der Waals surface area contributed by atoms with Crippen molar-refractivity contribution in [3.63, 3.8) is 0 Å². The van der Waals surface area contributed by atoms with Gasteiger partial charge in [-0.25, -0.2) is 87.4 Å². The summed E-state index contributed by atoms with van der Waals surface area (Å²) in [5.41, 5.74) is 67.5. The summed E-state index contributed by atoms with van der Waals surface area (Å²) >= 11 is 0. The number of hydrogen-bond acceptors (Lipinski definition) is 35. The van der Waals surface area contributed by atoms with Crippen molar-refractivity contribution in [3.8, 4) is 0 Å². The molecule has 50 heteroatoms. The molecule has 1 aliphatic heterocycles. The van der Waals surface area contributed by atoms with E-state index < -0.39 is 0 Å². The number of nitrogens with one attached hydrogen (secondary N) is 3. The fraction of sp³-hybridized carbons (Fsp3) is 0.361. The lowest BCUT2D eigenvalue weighted by Crippen LogP contribution is -2.20. The first-order valence-corrected chi connectivity index (χ1v) is 47.6. The molecule has 0 amide bonds. The molecule has 0 saturated carbocycles. The van der Waals surface area contributed by atoms with E-state index in [4.69, 9.17) is 51.6 Å². The number of aromatic amines is 3. The van der Waals surface area contributed by atoms with E-state index in [0.29, 0.717) is 133 Å². The molecule has 22 heterocycles. The highest BCUT2D eigenvalue weighted by Crippen LogP contribution is 2.31. The molecule has 21 N–H and O–H groups in total. The average Bonchev–Trinajstić information content (AvgIpc) is 1.52. The van der Waals surface area contributed by atoms with Gasteiger partial charge in [-0.05, 0) is 182 Å². The molecule has 21 aromatic heterocycles. The number of pyridine rings is 3. The van der Waals surface area contributed by atoms with Gasteiger partial charge in [-0.1, -0.05) is 65.8 Å². The molecular formula is C97H128FN45O4. The number of hydrogen-bond donors (Lipinski definition) is 12. The number of halogens is 1. The Morgan fingerprint density at radius 1 is 0.374 bits per heavy atom. The molecule has 0 radical (unpaired) electrons. The summed E-state index contributed by atoms with van der Waals surface area (Å²) < 4.78 is 33.0. The number of Topliss-reactive ketones (excluding diaryl/α,β-unsaturated/α-hetero) is 1. The van der Waals surface area contributed by atoms with E-state index in [0.717, 1.165) is 67.2 Å². The van der Waals surface area contributed by atoms with Gasteiger partial charge >= 0.3 is 5.69 Å². The van der Waals surface area contributed by atoms with Crippen LogP contribution in [0.3, 0.4) is 0 Å². The minimum Gasteiger partial charge on any atom is -0.398 e. The van der Waals surface area contributed by atoms with Crippen LogP contribution in [-0.4, -0.2) is 183 Å². The number of aryl methyl sites for hydroxylation is 1. The first kappa shape index (κ1) is 108. The van der Waals surface area contributed by atoms with Crippen molar-refractivity contribution in [1.82, 2.24) is 171 Å². The SMILES string of the molecule is CC(C)c1ccc2c(N)ccnn12.CC(C)c1cnc2c(N)ccnn12.CC(C)c1cnn2c(=O)[nH]c(N)nc12.CC(C)c1cnn2c(N)ccnc12.CC(C)n1cc(F)c2c(N)ccnc21.CC(C)n1ccc2c(N)ncnc21.CC(C)n1cnc2c(N)ccnc21.CC(C)n1cnc2c1N=CCC2=O.CC(C)n1nnc2c(=O)[nH]c(N)nc21.CC(C)n1nnc2c(N)ccnc21.Cc1nc2c(ncn2C(C)C)c(=O)[nH]1. The Kier molecular flexibility index (Phi) is 34.4. The summed E-state index contributed by atoms with van der Waals surface area (Å²) in [6.45, 7) is 46.9. The van der Waals surface area contributed by atoms with Gasteiger partial charge in [0.15, 0.2) is 79.2 Å². The van der Waals surface area contributed by atoms with Crippen LogP contribution in [0.25, 0.3) is 89.2 Å². The maximum absolute atomic E-state index is 13.5. The van der Waals surface area contributed by atoms with Crippen molar-refractivity contribution in [2.75, 3.05) is 51.6 Å². The fourth-order valence-corrected chi connectivity index (χ4v) is 15.0. The van der Waals surface area contributed by atoms with Gasteiger partial charge in [0.05, 0.1) is 101 Å². The number of anilines is 9. The van der Waals surface area contributed by atoms with Gasteiger partial charge in [-0.15, -0.1) is 10.2 Å². The van der Waals surface area contributed by atoms with Gasteiger partial charge in [-0.2, -0.15) is 39.4 Å². The largest absolute Gasteiger partial charge is 0.398 e. The Morgan fingerprint density at radius 2 is 0.898 bits per heavy atom. The molecule has 22 rings (SSSR count). The number of imidazole rings is 4. The molecule has 0 unspecified atom stereocenters. The first-order chi connectivity index (χ1) is 69.8. The molecule has 49 nitrogen and oxygen atoms in total. The van der Waals surface area contributed by atoms with Crippen molar-refractivity contribution in [1.29, 1.82) is 0 Å². The minimum atomic E-state index is -0.362. The summed E-state index contributed by atoms with van der Waals surface area (Å²) in [6.07, 6.45) is 27.4. The predicted octanol–water partition coefficient (Wildman–Crippen LogP) is 14.0. The molecule has 0 spiro atoms. The lowest BCUT2D eigenvalue weighted by molar-refractivity contribution is 0.0996. The van der Waals surface area contributed by atoms with Crippen LogP contribution in [0.2, 0.25) is 0 Å². The van der Waals surface area contributed by atoms with Gasteiger partial charge < -0.3 is 79.4 Å². The highest BCUT2D eigenvalue weighted by molar-refractivity contribution is 6.08. The molecule has 0 fully saturated rings. The van der Waals surface area contributed by atoms with E-state index in [-0.39, 0.29) is 75.9 Å². The topological polar surface area (TPSA) is 685 Å². The quantitative estimate of drug-likeness (QED) is 0.0572. The first-order valence-electron chi connectivity index (χ1n) is 47.6. The Labute approximate surface area is 842 Å². The van der Waals surface area contributed by atoms with Gasteiger partial charge in [0, 0.05) is 109 Å². The van der Waals surface area contributed by atoms with Gasteiger partial charge in [0.25, 0.3) is 11.1 Å². The molecule has 21 aromatic rings. The number of carbonyl (C=O) groups excluding carboxylic acids is 1. The van der Waals surface area contributed by atoms with E-state index in [9.17, 15) is 23.6 Å². The van der Waals surface area contributed by atoms with Crippen LogP contribution in [0.15, 0.2) is 167 Å². The van der Waals surface area contributed by atoms with Crippen LogP contribution in [0, 0.1) is 12.7 Å². The molecule has 0 atom stereocenters. The zero-order valence-electron chi connectivity index (χ0n) is 86.5.